The molecule has 0 aliphatic heterocycles. The van der Waals surface area contributed by atoms with Crippen LogP contribution in [-0.2, 0) is 6.18 Å². The molecule has 0 bridgehead atoms. The average Bonchev–Trinajstić information content (AvgIpc) is 2.96. The van der Waals surface area contributed by atoms with Gasteiger partial charge in [-0.2, -0.15) is 13.2 Å². The molecule has 8 heteroatoms. The first-order valence-corrected chi connectivity index (χ1v) is 6.45. The SMILES string of the molecule is COc1ccsc1C(O)c1cnc(C(F)(F)F)s1. The molecule has 2 rings (SSSR count). The number of thiazole rings is 1. The van der Waals surface area contributed by atoms with Gasteiger partial charge in [-0.1, -0.05) is 0 Å². The van der Waals surface area contributed by atoms with Crippen LogP contribution < -0.4 is 4.74 Å². The number of hydrogen-bond donors (Lipinski definition) is 1. The monoisotopic (exact) mass is 295 g/mol. The Bertz CT molecular complexity index is 535. The van der Waals surface area contributed by atoms with Crippen molar-refractivity contribution in [1.29, 1.82) is 0 Å². The highest BCUT2D eigenvalue weighted by molar-refractivity contribution is 7.12. The molecule has 1 atom stereocenters. The van der Waals surface area contributed by atoms with E-state index in [0.717, 1.165) is 6.20 Å². The van der Waals surface area contributed by atoms with Crippen molar-refractivity contribution in [1.82, 2.24) is 4.98 Å². The first-order valence-electron chi connectivity index (χ1n) is 4.76. The lowest BCUT2D eigenvalue weighted by atomic mass is 10.2. The molecule has 0 saturated carbocycles. The van der Waals surface area contributed by atoms with Gasteiger partial charge in [0.1, 0.15) is 11.9 Å². The smallest absolute Gasteiger partial charge is 0.443 e. The normalized spacial score (nSPS) is 13.6. The highest BCUT2D eigenvalue weighted by Crippen LogP contribution is 2.39. The number of hydrogen-bond acceptors (Lipinski definition) is 5. The lowest BCUT2D eigenvalue weighted by molar-refractivity contribution is -0.137. The van der Waals surface area contributed by atoms with E-state index in [4.69, 9.17) is 4.74 Å². The van der Waals surface area contributed by atoms with Gasteiger partial charge in [-0.05, 0) is 11.4 Å². The van der Waals surface area contributed by atoms with E-state index >= 15 is 0 Å². The van der Waals surface area contributed by atoms with E-state index in [1.807, 2.05) is 0 Å². The van der Waals surface area contributed by atoms with Crippen molar-refractivity contribution in [3.63, 3.8) is 0 Å². The number of thiophene rings is 1. The summed E-state index contributed by atoms with van der Waals surface area (Å²) in [6.07, 6.45) is -4.59. The Morgan fingerprint density at radius 2 is 2.17 bits per heavy atom. The second kappa shape index (κ2) is 4.87. The van der Waals surface area contributed by atoms with Gasteiger partial charge in [-0.15, -0.1) is 22.7 Å². The summed E-state index contributed by atoms with van der Waals surface area (Å²) in [7, 11) is 1.44. The highest BCUT2D eigenvalue weighted by atomic mass is 32.1. The number of aliphatic hydroxyl groups is 1. The molecule has 0 spiro atoms. The lowest BCUT2D eigenvalue weighted by Crippen LogP contribution is -2.03. The maximum Gasteiger partial charge on any atom is 0.443 e. The van der Waals surface area contributed by atoms with Crippen LogP contribution in [0.3, 0.4) is 0 Å². The molecule has 18 heavy (non-hydrogen) atoms. The summed E-state index contributed by atoms with van der Waals surface area (Å²) < 4.78 is 42.2. The summed E-state index contributed by atoms with van der Waals surface area (Å²) in [4.78, 5) is 3.88. The minimum absolute atomic E-state index is 0.142. The molecule has 0 aromatic carbocycles. The molecule has 2 aromatic rings. The molecule has 2 aromatic heterocycles. The van der Waals surface area contributed by atoms with Crippen molar-refractivity contribution in [3.8, 4) is 5.75 Å². The first-order chi connectivity index (χ1) is 8.43. The van der Waals surface area contributed by atoms with Gasteiger partial charge >= 0.3 is 6.18 Å². The van der Waals surface area contributed by atoms with Gasteiger partial charge in [0.05, 0.1) is 16.9 Å². The number of nitrogens with zero attached hydrogens (tertiary/aromatic N) is 1. The Labute approximate surface area is 108 Å². The van der Waals surface area contributed by atoms with Crippen molar-refractivity contribution in [3.05, 3.63) is 32.4 Å². The third-order valence-electron chi connectivity index (χ3n) is 2.16. The standard InChI is InChI=1S/C10H8F3NO2S2/c1-16-5-2-3-17-8(5)7(15)6-4-14-9(18-6)10(11,12)13/h2-4,7,15H,1H3. The number of halogens is 3. The molecule has 0 aliphatic carbocycles. The predicted molar refractivity (Wildman–Crippen MR) is 62.0 cm³/mol. The molecule has 98 valence electrons. The van der Waals surface area contributed by atoms with E-state index in [-0.39, 0.29) is 4.88 Å². The van der Waals surface area contributed by atoms with Crippen LogP contribution >= 0.6 is 22.7 Å². The molecular weight excluding hydrogens is 287 g/mol. The summed E-state index contributed by atoms with van der Waals surface area (Å²) in [5.41, 5.74) is 0. The molecule has 1 N–H and O–H groups in total. The van der Waals surface area contributed by atoms with Gasteiger partial charge in [0.15, 0.2) is 5.01 Å². The zero-order valence-corrected chi connectivity index (χ0v) is 10.7. The fraction of sp³-hybridized carbons (Fsp3) is 0.300. The number of alkyl halides is 3. The second-order valence-corrected chi connectivity index (χ2v) is 5.33. The Morgan fingerprint density at radius 3 is 2.72 bits per heavy atom. The second-order valence-electron chi connectivity index (χ2n) is 3.32. The van der Waals surface area contributed by atoms with E-state index in [1.54, 1.807) is 11.4 Å². The molecule has 0 fully saturated rings. The van der Waals surface area contributed by atoms with Crippen LogP contribution in [0, 0.1) is 0 Å². The Morgan fingerprint density at radius 1 is 1.44 bits per heavy atom. The fourth-order valence-corrected chi connectivity index (χ4v) is 3.07. The summed E-state index contributed by atoms with van der Waals surface area (Å²) in [6, 6.07) is 1.65. The number of aliphatic hydroxyl groups excluding tert-OH is 1. The van der Waals surface area contributed by atoms with Gasteiger partial charge in [-0.3, -0.25) is 0 Å². The van der Waals surface area contributed by atoms with Crippen LogP contribution in [0.5, 0.6) is 5.75 Å². The molecule has 0 radical (unpaired) electrons. The number of methoxy groups -OCH3 is 1. The summed E-state index contributed by atoms with van der Waals surface area (Å²) >= 11 is 1.65. The zero-order chi connectivity index (χ0) is 13.3. The number of rotatable bonds is 3. The molecule has 3 nitrogen and oxygen atoms in total. The van der Waals surface area contributed by atoms with Crippen LogP contribution in [-0.4, -0.2) is 17.2 Å². The molecule has 1 unspecified atom stereocenters. The quantitative estimate of drug-likeness (QED) is 0.944. The van der Waals surface area contributed by atoms with Crippen molar-refractivity contribution in [2.75, 3.05) is 7.11 Å². The van der Waals surface area contributed by atoms with Crippen molar-refractivity contribution >= 4 is 22.7 Å². The van der Waals surface area contributed by atoms with Crippen molar-refractivity contribution in [2.45, 2.75) is 12.3 Å². The number of aromatic nitrogens is 1. The maximum absolute atomic E-state index is 12.4. The Balaban J connectivity index is 2.29. The Hall–Kier alpha value is -1.12. The largest absolute Gasteiger partial charge is 0.495 e. The Kier molecular flexibility index (Phi) is 3.60. The van der Waals surface area contributed by atoms with Crippen molar-refractivity contribution < 1.29 is 23.0 Å². The fourth-order valence-electron chi connectivity index (χ4n) is 1.35. The molecule has 0 saturated heterocycles. The lowest BCUT2D eigenvalue weighted by Gasteiger charge is -2.08. The summed E-state index contributed by atoms with van der Waals surface area (Å²) in [5.74, 6) is 0.453. The first kappa shape index (κ1) is 13.3. The molecular formula is C10H8F3NO2S2. The van der Waals surface area contributed by atoms with Gasteiger partial charge in [0.25, 0.3) is 0 Å². The maximum atomic E-state index is 12.4. The third kappa shape index (κ3) is 2.50. The highest BCUT2D eigenvalue weighted by Gasteiger charge is 2.35. The molecule has 2 heterocycles. The zero-order valence-electron chi connectivity index (χ0n) is 9.06. The van der Waals surface area contributed by atoms with Gasteiger partial charge in [-0.25, -0.2) is 4.98 Å². The van der Waals surface area contributed by atoms with Crippen LogP contribution in [0.15, 0.2) is 17.6 Å². The molecule has 0 amide bonds. The van der Waals surface area contributed by atoms with E-state index in [0.29, 0.717) is 22.0 Å². The van der Waals surface area contributed by atoms with Gasteiger partial charge in [0, 0.05) is 6.20 Å². The minimum Gasteiger partial charge on any atom is -0.495 e. The average molecular weight is 295 g/mol. The van der Waals surface area contributed by atoms with Crippen LogP contribution in [0.4, 0.5) is 13.2 Å². The minimum atomic E-state index is -4.48. The van der Waals surface area contributed by atoms with E-state index < -0.39 is 17.3 Å². The van der Waals surface area contributed by atoms with E-state index in [2.05, 4.69) is 4.98 Å². The summed E-state index contributed by atoms with van der Waals surface area (Å²) in [5, 5.41) is 10.7. The van der Waals surface area contributed by atoms with Gasteiger partial charge < -0.3 is 9.84 Å². The van der Waals surface area contributed by atoms with Gasteiger partial charge in [0.2, 0.25) is 0 Å². The number of ether oxygens (including phenoxy) is 1. The van der Waals surface area contributed by atoms with Crippen molar-refractivity contribution in [2.24, 2.45) is 0 Å². The third-order valence-corrected chi connectivity index (χ3v) is 4.21. The van der Waals surface area contributed by atoms with E-state index in [9.17, 15) is 18.3 Å². The molecule has 0 aliphatic rings. The topological polar surface area (TPSA) is 42.4 Å². The predicted octanol–water partition coefficient (Wildman–Crippen LogP) is 3.31. The summed E-state index contributed by atoms with van der Waals surface area (Å²) in [6.45, 7) is 0. The van der Waals surface area contributed by atoms with Crippen LogP contribution in [0.25, 0.3) is 0 Å². The van der Waals surface area contributed by atoms with E-state index in [1.165, 1.54) is 18.4 Å². The van der Waals surface area contributed by atoms with Crippen LogP contribution in [0.1, 0.15) is 20.9 Å². The van der Waals surface area contributed by atoms with Crippen LogP contribution in [0.2, 0.25) is 0 Å².